The highest BCUT2D eigenvalue weighted by Crippen LogP contribution is 2.32. The third-order valence-corrected chi connectivity index (χ3v) is 6.56. The Kier molecular flexibility index (Phi) is 5.79. The summed E-state index contributed by atoms with van der Waals surface area (Å²) < 4.78 is 7.33. The van der Waals surface area contributed by atoms with Gasteiger partial charge >= 0.3 is 0 Å². The minimum absolute atomic E-state index is 0.110. The monoisotopic (exact) mass is 477 g/mol. The molecule has 1 aliphatic rings. The summed E-state index contributed by atoms with van der Waals surface area (Å²) in [7, 11) is 0. The maximum absolute atomic E-state index is 13.4. The standard InChI is InChI=1S/C24H24ClN7O2/c1-15-16(2)32(14-28-15)21-12-20(26-13-27-21)30-8-10-31(11-9-30)24(33)22-17(3)34-29-23(22)18-6-4-5-7-19(18)25/h4-7,12-14H,8-11H2,1-3H3. The number of aromatic nitrogens is 5. The largest absolute Gasteiger partial charge is 0.360 e. The van der Waals surface area contributed by atoms with E-state index in [2.05, 4.69) is 25.0 Å². The van der Waals surface area contributed by atoms with Crippen molar-refractivity contribution in [3.8, 4) is 17.1 Å². The van der Waals surface area contributed by atoms with Crippen LogP contribution in [0.5, 0.6) is 0 Å². The summed E-state index contributed by atoms with van der Waals surface area (Å²) in [6, 6.07) is 9.26. The van der Waals surface area contributed by atoms with Crippen LogP contribution in [0.4, 0.5) is 5.82 Å². The molecule has 0 spiro atoms. The van der Waals surface area contributed by atoms with Crippen molar-refractivity contribution in [3.63, 3.8) is 0 Å². The first-order chi connectivity index (χ1) is 16.4. The van der Waals surface area contributed by atoms with E-state index in [0.29, 0.717) is 53.8 Å². The number of imidazole rings is 1. The van der Waals surface area contributed by atoms with Gasteiger partial charge in [0, 0.05) is 43.5 Å². The fraction of sp³-hybridized carbons (Fsp3) is 0.292. The average Bonchev–Trinajstić information content (AvgIpc) is 3.40. The van der Waals surface area contributed by atoms with E-state index in [4.69, 9.17) is 16.1 Å². The van der Waals surface area contributed by atoms with Gasteiger partial charge in [0.05, 0.1) is 10.7 Å². The van der Waals surface area contributed by atoms with E-state index in [-0.39, 0.29) is 5.91 Å². The lowest BCUT2D eigenvalue weighted by Gasteiger charge is -2.35. The number of hydrogen-bond acceptors (Lipinski definition) is 7. The van der Waals surface area contributed by atoms with Crippen molar-refractivity contribution >= 4 is 23.3 Å². The van der Waals surface area contributed by atoms with Crippen LogP contribution in [-0.2, 0) is 0 Å². The maximum atomic E-state index is 13.4. The Hall–Kier alpha value is -3.72. The number of amides is 1. The molecule has 0 aliphatic carbocycles. The predicted octanol–water partition coefficient (Wildman–Crippen LogP) is 3.86. The Morgan fingerprint density at radius 1 is 1.00 bits per heavy atom. The smallest absolute Gasteiger partial charge is 0.259 e. The van der Waals surface area contributed by atoms with Crippen molar-refractivity contribution in [2.75, 3.05) is 31.1 Å². The second-order valence-corrected chi connectivity index (χ2v) is 8.65. The Morgan fingerprint density at radius 2 is 1.74 bits per heavy atom. The molecule has 0 radical (unpaired) electrons. The lowest BCUT2D eigenvalue weighted by atomic mass is 10.0. The number of piperazine rings is 1. The van der Waals surface area contributed by atoms with Gasteiger partial charge in [0.25, 0.3) is 5.91 Å². The van der Waals surface area contributed by atoms with E-state index < -0.39 is 0 Å². The van der Waals surface area contributed by atoms with Crippen LogP contribution >= 0.6 is 11.6 Å². The molecule has 1 saturated heterocycles. The van der Waals surface area contributed by atoms with Crippen molar-refractivity contribution in [2.45, 2.75) is 20.8 Å². The Labute approximate surface area is 202 Å². The highest BCUT2D eigenvalue weighted by Gasteiger charge is 2.29. The highest BCUT2D eigenvalue weighted by molar-refractivity contribution is 6.33. The van der Waals surface area contributed by atoms with Crippen LogP contribution in [0.1, 0.15) is 27.5 Å². The first kappa shape index (κ1) is 22.1. The minimum Gasteiger partial charge on any atom is -0.360 e. The van der Waals surface area contributed by atoms with Gasteiger partial charge in [0.2, 0.25) is 0 Å². The number of carbonyl (C=O) groups is 1. The first-order valence-corrected chi connectivity index (χ1v) is 11.4. The number of nitrogens with zero attached hydrogens (tertiary/aromatic N) is 7. The number of benzene rings is 1. The summed E-state index contributed by atoms with van der Waals surface area (Å²) in [6.07, 6.45) is 3.33. The van der Waals surface area contributed by atoms with Crippen LogP contribution in [0.15, 0.2) is 47.5 Å². The third-order valence-electron chi connectivity index (χ3n) is 6.23. The molecule has 4 heterocycles. The topological polar surface area (TPSA) is 93.2 Å². The second-order valence-electron chi connectivity index (χ2n) is 8.24. The zero-order chi connectivity index (χ0) is 23.8. The minimum atomic E-state index is -0.110. The molecule has 1 fully saturated rings. The van der Waals surface area contributed by atoms with Gasteiger partial charge in [-0.15, -0.1) is 0 Å². The fourth-order valence-electron chi connectivity index (χ4n) is 4.13. The molecule has 34 heavy (non-hydrogen) atoms. The van der Waals surface area contributed by atoms with Gasteiger partial charge in [-0.2, -0.15) is 0 Å². The molecular formula is C24H24ClN7O2. The summed E-state index contributed by atoms with van der Waals surface area (Å²) in [5.41, 5.74) is 3.62. The first-order valence-electron chi connectivity index (χ1n) is 11.0. The van der Waals surface area contributed by atoms with Crippen molar-refractivity contribution in [2.24, 2.45) is 0 Å². The van der Waals surface area contributed by atoms with Gasteiger partial charge < -0.3 is 14.3 Å². The van der Waals surface area contributed by atoms with E-state index in [1.54, 1.807) is 25.6 Å². The third kappa shape index (κ3) is 3.92. The molecule has 10 heteroatoms. The maximum Gasteiger partial charge on any atom is 0.259 e. The van der Waals surface area contributed by atoms with Crippen LogP contribution < -0.4 is 4.90 Å². The van der Waals surface area contributed by atoms with Crippen LogP contribution in [0.2, 0.25) is 5.02 Å². The van der Waals surface area contributed by atoms with E-state index >= 15 is 0 Å². The SMILES string of the molecule is Cc1ncn(-c2cc(N3CCN(C(=O)c4c(-c5ccccc5Cl)noc4C)CC3)ncn2)c1C. The highest BCUT2D eigenvalue weighted by atomic mass is 35.5. The summed E-state index contributed by atoms with van der Waals surface area (Å²) in [5.74, 6) is 1.96. The van der Waals surface area contributed by atoms with Crippen molar-refractivity contribution in [1.82, 2.24) is 29.6 Å². The lowest BCUT2D eigenvalue weighted by molar-refractivity contribution is 0.0745. The summed E-state index contributed by atoms with van der Waals surface area (Å²) in [5, 5.41) is 4.66. The molecule has 0 bridgehead atoms. The van der Waals surface area contributed by atoms with Gasteiger partial charge in [0.1, 0.15) is 41.3 Å². The zero-order valence-corrected chi connectivity index (χ0v) is 20.0. The number of carbonyl (C=O) groups excluding carboxylic acids is 1. The van der Waals surface area contributed by atoms with Crippen LogP contribution in [0.25, 0.3) is 17.1 Å². The molecule has 3 aromatic heterocycles. The molecule has 174 valence electrons. The van der Waals surface area contributed by atoms with Gasteiger partial charge in [-0.3, -0.25) is 9.36 Å². The number of rotatable bonds is 4. The zero-order valence-electron chi connectivity index (χ0n) is 19.2. The number of anilines is 1. The van der Waals surface area contributed by atoms with E-state index in [0.717, 1.165) is 23.0 Å². The Morgan fingerprint density at radius 3 is 2.44 bits per heavy atom. The number of halogens is 1. The summed E-state index contributed by atoms with van der Waals surface area (Å²) >= 11 is 6.35. The number of hydrogen-bond donors (Lipinski definition) is 0. The van der Waals surface area contributed by atoms with Crippen LogP contribution in [-0.4, -0.2) is 61.7 Å². The fourth-order valence-corrected chi connectivity index (χ4v) is 4.35. The normalized spacial score (nSPS) is 14.0. The molecule has 4 aromatic rings. The van der Waals surface area contributed by atoms with Crippen molar-refractivity contribution in [1.29, 1.82) is 0 Å². The lowest BCUT2D eigenvalue weighted by Crippen LogP contribution is -2.49. The summed E-state index contributed by atoms with van der Waals surface area (Å²) in [6.45, 7) is 8.13. The van der Waals surface area contributed by atoms with Gasteiger partial charge in [0.15, 0.2) is 0 Å². The van der Waals surface area contributed by atoms with E-state index in [1.165, 1.54) is 0 Å². The van der Waals surface area contributed by atoms with E-state index in [1.807, 2.05) is 47.6 Å². The summed E-state index contributed by atoms with van der Waals surface area (Å²) in [4.78, 5) is 30.6. The average molecular weight is 478 g/mol. The Balaban J connectivity index is 1.33. The number of aryl methyl sites for hydroxylation is 2. The molecule has 0 atom stereocenters. The quantitative estimate of drug-likeness (QED) is 0.440. The molecule has 1 aromatic carbocycles. The van der Waals surface area contributed by atoms with Crippen LogP contribution in [0.3, 0.4) is 0 Å². The predicted molar refractivity (Wildman–Crippen MR) is 128 cm³/mol. The second kappa shape index (κ2) is 8.90. The van der Waals surface area contributed by atoms with Crippen molar-refractivity contribution < 1.29 is 9.32 Å². The molecular weight excluding hydrogens is 454 g/mol. The Bertz CT molecular complexity index is 1360. The van der Waals surface area contributed by atoms with E-state index in [9.17, 15) is 4.79 Å². The van der Waals surface area contributed by atoms with Gasteiger partial charge in [-0.25, -0.2) is 15.0 Å². The molecule has 9 nitrogen and oxygen atoms in total. The molecule has 0 saturated carbocycles. The van der Waals surface area contributed by atoms with Crippen LogP contribution in [0, 0.1) is 20.8 Å². The molecule has 1 amide bonds. The molecule has 1 aliphatic heterocycles. The van der Waals surface area contributed by atoms with Crippen molar-refractivity contribution in [3.05, 3.63) is 70.7 Å². The van der Waals surface area contributed by atoms with Gasteiger partial charge in [-0.05, 0) is 26.8 Å². The molecule has 5 rings (SSSR count). The molecule has 0 N–H and O–H groups in total. The molecule has 0 unspecified atom stereocenters. The van der Waals surface area contributed by atoms with Gasteiger partial charge in [-0.1, -0.05) is 35.0 Å².